The molecule has 1 saturated heterocycles. The van der Waals surface area contributed by atoms with E-state index in [2.05, 4.69) is 28.8 Å². The van der Waals surface area contributed by atoms with Gasteiger partial charge in [0.15, 0.2) is 6.10 Å². The topological polar surface area (TPSA) is 50.8 Å². The highest BCUT2D eigenvalue weighted by molar-refractivity contribution is 5.74. The van der Waals surface area contributed by atoms with Crippen molar-refractivity contribution in [1.29, 1.82) is 0 Å². The number of benzene rings is 1. The van der Waals surface area contributed by atoms with Crippen LogP contribution in [0.25, 0.3) is 0 Å². The summed E-state index contributed by atoms with van der Waals surface area (Å²) in [5.41, 5.74) is 1.41. The first-order valence-electron chi connectivity index (χ1n) is 7.70. The number of ether oxygens (including phenoxy) is 2. The molecule has 0 amide bonds. The number of nitrogens with zero attached hydrogens (tertiary/aromatic N) is 1. The summed E-state index contributed by atoms with van der Waals surface area (Å²) in [6.45, 7) is 10.2. The summed E-state index contributed by atoms with van der Waals surface area (Å²) >= 11 is 0. The number of hydrogen-bond donors (Lipinski definition) is 1. The Kier molecular flexibility index (Phi) is 5.42. The maximum absolute atomic E-state index is 11.3. The van der Waals surface area contributed by atoms with Crippen molar-refractivity contribution in [1.82, 2.24) is 10.2 Å². The molecule has 0 aromatic heterocycles. The van der Waals surface area contributed by atoms with E-state index in [1.54, 1.807) is 6.92 Å². The van der Waals surface area contributed by atoms with Crippen molar-refractivity contribution in [2.75, 3.05) is 26.7 Å². The van der Waals surface area contributed by atoms with Gasteiger partial charge in [0.1, 0.15) is 5.75 Å². The fourth-order valence-corrected chi connectivity index (χ4v) is 2.73. The molecule has 0 saturated carbocycles. The molecule has 1 heterocycles. The van der Waals surface area contributed by atoms with E-state index < -0.39 is 6.10 Å². The molecular weight excluding hydrogens is 280 g/mol. The van der Waals surface area contributed by atoms with Gasteiger partial charge >= 0.3 is 5.97 Å². The van der Waals surface area contributed by atoms with Crippen molar-refractivity contribution in [3.8, 4) is 5.75 Å². The smallest absolute Gasteiger partial charge is 0.346 e. The Morgan fingerprint density at radius 3 is 2.64 bits per heavy atom. The lowest BCUT2D eigenvalue weighted by Gasteiger charge is -2.39. The zero-order valence-electron chi connectivity index (χ0n) is 13.9. The van der Waals surface area contributed by atoms with Crippen LogP contribution in [-0.4, -0.2) is 49.3 Å². The zero-order chi connectivity index (χ0) is 16.2. The van der Waals surface area contributed by atoms with Crippen LogP contribution < -0.4 is 10.1 Å². The molecule has 1 aliphatic rings. The number of methoxy groups -OCH3 is 1. The number of carbonyl (C=O) groups is 1. The molecule has 5 heteroatoms. The molecule has 0 aliphatic carbocycles. The maximum Gasteiger partial charge on any atom is 0.346 e. The van der Waals surface area contributed by atoms with Crippen molar-refractivity contribution in [2.45, 2.75) is 39.0 Å². The van der Waals surface area contributed by atoms with Crippen LogP contribution in [0.4, 0.5) is 0 Å². The molecular formula is C17H26N2O3. The van der Waals surface area contributed by atoms with Gasteiger partial charge in [-0.3, -0.25) is 4.90 Å². The van der Waals surface area contributed by atoms with E-state index in [0.717, 1.165) is 26.2 Å². The molecule has 0 radical (unpaired) electrons. The van der Waals surface area contributed by atoms with E-state index in [1.807, 2.05) is 24.3 Å². The van der Waals surface area contributed by atoms with Crippen LogP contribution in [0.5, 0.6) is 5.75 Å². The highest BCUT2D eigenvalue weighted by Crippen LogP contribution is 2.17. The Bertz CT molecular complexity index is 499. The minimum atomic E-state index is -0.593. The average molecular weight is 306 g/mol. The van der Waals surface area contributed by atoms with Gasteiger partial charge in [-0.2, -0.15) is 0 Å². The van der Waals surface area contributed by atoms with E-state index in [1.165, 1.54) is 12.7 Å². The van der Waals surface area contributed by atoms with Crippen LogP contribution in [0, 0.1) is 0 Å². The number of carbonyl (C=O) groups excluding carboxylic acids is 1. The molecule has 0 spiro atoms. The van der Waals surface area contributed by atoms with Gasteiger partial charge < -0.3 is 14.8 Å². The number of esters is 1. The van der Waals surface area contributed by atoms with Crippen LogP contribution >= 0.6 is 0 Å². The van der Waals surface area contributed by atoms with Gasteiger partial charge in [-0.15, -0.1) is 0 Å². The van der Waals surface area contributed by atoms with Crippen LogP contribution in [0.15, 0.2) is 24.3 Å². The minimum absolute atomic E-state index is 0.164. The van der Waals surface area contributed by atoms with E-state index in [4.69, 9.17) is 4.74 Å². The normalized spacial score (nSPS) is 19.5. The Hall–Kier alpha value is -1.59. The first kappa shape index (κ1) is 16.8. The summed E-state index contributed by atoms with van der Waals surface area (Å²) < 4.78 is 10.2. The number of rotatable bonds is 5. The van der Waals surface area contributed by atoms with Crippen molar-refractivity contribution in [2.24, 2.45) is 0 Å². The fourth-order valence-electron chi connectivity index (χ4n) is 2.73. The van der Waals surface area contributed by atoms with Gasteiger partial charge in [0.2, 0.25) is 0 Å². The predicted molar refractivity (Wildman–Crippen MR) is 85.9 cm³/mol. The van der Waals surface area contributed by atoms with Gasteiger partial charge in [0, 0.05) is 31.7 Å². The molecule has 1 fully saturated rings. The Labute approximate surface area is 132 Å². The number of nitrogens with one attached hydrogen (secondary N) is 1. The lowest BCUT2D eigenvalue weighted by Crippen LogP contribution is -2.56. The van der Waals surface area contributed by atoms with Crippen LogP contribution in [0.2, 0.25) is 0 Å². The highest BCUT2D eigenvalue weighted by atomic mass is 16.6. The van der Waals surface area contributed by atoms with E-state index in [9.17, 15) is 4.79 Å². The second kappa shape index (κ2) is 7.11. The summed E-state index contributed by atoms with van der Waals surface area (Å²) in [7, 11) is 1.36. The molecule has 1 unspecified atom stereocenters. The van der Waals surface area contributed by atoms with E-state index in [-0.39, 0.29) is 11.5 Å². The Balaban J connectivity index is 1.90. The molecule has 0 bridgehead atoms. The summed E-state index contributed by atoms with van der Waals surface area (Å²) in [4.78, 5) is 13.8. The van der Waals surface area contributed by atoms with Gasteiger partial charge in [-0.25, -0.2) is 4.79 Å². The average Bonchev–Trinajstić information content (AvgIpc) is 2.47. The number of hydrogen-bond acceptors (Lipinski definition) is 5. The molecule has 2 rings (SSSR count). The standard InChI is InChI=1S/C17H26N2O3/c1-13(16(20)21-4)22-15-7-5-14(6-8-15)11-19-10-9-18-17(2,3)12-19/h5-8,13,18H,9-12H2,1-4H3. The lowest BCUT2D eigenvalue weighted by atomic mass is 10.0. The second-order valence-corrected chi connectivity index (χ2v) is 6.45. The first-order chi connectivity index (χ1) is 10.4. The quantitative estimate of drug-likeness (QED) is 0.841. The van der Waals surface area contributed by atoms with Crippen molar-refractivity contribution >= 4 is 5.97 Å². The highest BCUT2D eigenvalue weighted by Gasteiger charge is 2.25. The molecule has 1 N–H and O–H groups in total. The van der Waals surface area contributed by atoms with Gasteiger partial charge in [-0.05, 0) is 38.5 Å². The van der Waals surface area contributed by atoms with Crippen LogP contribution in [0.3, 0.4) is 0 Å². The molecule has 1 atom stereocenters. The van der Waals surface area contributed by atoms with Crippen LogP contribution in [0.1, 0.15) is 26.3 Å². The molecule has 22 heavy (non-hydrogen) atoms. The summed E-state index contributed by atoms with van der Waals surface area (Å²) in [5, 5.41) is 3.52. The Morgan fingerprint density at radius 2 is 2.05 bits per heavy atom. The number of piperazine rings is 1. The van der Waals surface area contributed by atoms with E-state index >= 15 is 0 Å². The van der Waals surface area contributed by atoms with Gasteiger partial charge in [0.05, 0.1) is 7.11 Å². The second-order valence-electron chi connectivity index (χ2n) is 6.45. The molecule has 1 aromatic rings. The van der Waals surface area contributed by atoms with Crippen molar-refractivity contribution < 1.29 is 14.3 Å². The van der Waals surface area contributed by atoms with Crippen LogP contribution in [-0.2, 0) is 16.1 Å². The monoisotopic (exact) mass is 306 g/mol. The lowest BCUT2D eigenvalue weighted by molar-refractivity contribution is -0.147. The fraction of sp³-hybridized carbons (Fsp3) is 0.588. The van der Waals surface area contributed by atoms with Crippen molar-refractivity contribution in [3.63, 3.8) is 0 Å². The third kappa shape index (κ3) is 4.71. The minimum Gasteiger partial charge on any atom is -0.479 e. The molecule has 1 aromatic carbocycles. The first-order valence-corrected chi connectivity index (χ1v) is 7.70. The maximum atomic E-state index is 11.3. The summed E-state index contributed by atoms with van der Waals surface area (Å²) in [6, 6.07) is 7.91. The molecule has 5 nitrogen and oxygen atoms in total. The predicted octanol–water partition coefficient (Wildman–Crippen LogP) is 1.81. The largest absolute Gasteiger partial charge is 0.479 e. The van der Waals surface area contributed by atoms with Gasteiger partial charge in [0.25, 0.3) is 0 Å². The molecule has 1 aliphatic heterocycles. The molecule has 122 valence electrons. The van der Waals surface area contributed by atoms with Crippen molar-refractivity contribution in [3.05, 3.63) is 29.8 Å². The third-order valence-corrected chi connectivity index (χ3v) is 3.83. The SMILES string of the molecule is COC(=O)C(C)Oc1ccc(CN2CCNC(C)(C)C2)cc1. The Morgan fingerprint density at radius 1 is 1.36 bits per heavy atom. The van der Waals surface area contributed by atoms with E-state index in [0.29, 0.717) is 5.75 Å². The summed E-state index contributed by atoms with van der Waals surface area (Å²) in [5.74, 6) is 0.314. The summed E-state index contributed by atoms with van der Waals surface area (Å²) in [6.07, 6.45) is -0.593. The zero-order valence-corrected chi connectivity index (χ0v) is 13.9. The third-order valence-electron chi connectivity index (χ3n) is 3.83. The van der Waals surface area contributed by atoms with Gasteiger partial charge in [-0.1, -0.05) is 12.1 Å².